The second-order valence-corrected chi connectivity index (χ2v) is 7.81. The van der Waals surface area contributed by atoms with Crippen molar-refractivity contribution in [1.82, 2.24) is 0 Å². The van der Waals surface area contributed by atoms with Crippen molar-refractivity contribution >= 4 is 11.6 Å². The Morgan fingerprint density at radius 1 is 1.08 bits per heavy atom. The van der Waals surface area contributed by atoms with Crippen LogP contribution in [0.1, 0.15) is 69.9 Å². The minimum atomic E-state index is 0.359. The first-order chi connectivity index (χ1) is 11.7. The van der Waals surface area contributed by atoms with Gasteiger partial charge in [0.2, 0.25) is 0 Å². The highest BCUT2D eigenvalue weighted by atomic mass is 35.5. The summed E-state index contributed by atoms with van der Waals surface area (Å²) in [6.45, 7) is 5.28. The number of fused-ring (bicyclic) bond motifs is 1. The standard InChI is InChI=1S/C21H31ClO2/c1-3-5-16-13-17-8-11-20(24-21(17)14-19(16)22)15-6-9-18(10-7-15)23-12-4-2/h13-15,18,20H,3-12H2,1-2H3. The first-order valence-corrected chi connectivity index (χ1v) is 10.2. The molecule has 1 aromatic rings. The maximum Gasteiger partial charge on any atom is 0.124 e. The van der Waals surface area contributed by atoms with E-state index >= 15 is 0 Å². The number of rotatable bonds is 6. The van der Waals surface area contributed by atoms with E-state index in [0.717, 1.165) is 49.5 Å². The van der Waals surface area contributed by atoms with Crippen molar-refractivity contribution in [1.29, 1.82) is 0 Å². The van der Waals surface area contributed by atoms with Gasteiger partial charge in [0.05, 0.1) is 6.10 Å². The highest BCUT2D eigenvalue weighted by Crippen LogP contribution is 2.38. The molecule has 0 saturated heterocycles. The summed E-state index contributed by atoms with van der Waals surface area (Å²) in [5.74, 6) is 1.70. The van der Waals surface area contributed by atoms with Gasteiger partial charge in [0.25, 0.3) is 0 Å². The van der Waals surface area contributed by atoms with E-state index in [1.54, 1.807) is 0 Å². The van der Waals surface area contributed by atoms with Gasteiger partial charge in [-0.3, -0.25) is 0 Å². The molecule has 1 saturated carbocycles. The Hall–Kier alpha value is -0.730. The van der Waals surface area contributed by atoms with Crippen LogP contribution in [0.4, 0.5) is 0 Å². The monoisotopic (exact) mass is 350 g/mol. The first-order valence-electron chi connectivity index (χ1n) is 9.80. The van der Waals surface area contributed by atoms with Crippen LogP contribution in [0, 0.1) is 5.92 Å². The van der Waals surface area contributed by atoms with Crippen molar-refractivity contribution in [3.05, 3.63) is 28.3 Å². The molecule has 0 bridgehead atoms. The molecular formula is C21H31ClO2. The third kappa shape index (κ3) is 4.26. The van der Waals surface area contributed by atoms with E-state index < -0.39 is 0 Å². The van der Waals surface area contributed by atoms with Crippen LogP contribution in [0.25, 0.3) is 0 Å². The lowest BCUT2D eigenvalue weighted by atomic mass is 9.81. The number of halogens is 1. The molecule has 1 aromatic carbocycles. The summed E-state index contributed by atoms with van der Waals surface area (Å²) >= 11 is 6.44. The van der Waals surface area contributed by atoms with Crippen LogP contribution < -0.4 is 4.74 Å². The zero-order valence-electron chi connectivity index (χ0n) is 15.2. The SMILES string of the molecule is CCCOC1CCC(C2CCc3cc(CCC)c(Cl)cc3O2)CC1. The summed E-state index contributed by atoms with van der Waals surface area (Å²) in [4.78, 5) is 0. The van der Waals surface area contributed by atoms with Gasteiger partial charge in [0, 0.05) is 11.6 Å². The highest BCUT2D eigenvalue weighted by Gasteiger charge is 2.32. The summed E-state index contributed by atoms with van der Waals surface area (Å²) in [5.41, 5.74) is 2.62. The van der Waals surface area contributed by atoms with Crippen LogP contribution in [0.15, 0.2) is 12.1 Å². The molecule has 134 valence electrons. The molecule has 0 radical (unpaired) electrons. The van der Waals surface area contributed by atoms with E-state index in [9.17, 15) is 0 Å². The molecule has 1 aliphatic carbocycles. The fourth-order valence-corrected chi connectivity index (χ4v) is 4.43. The van der Waals surface area contributed by atoms with Crippen LogP contribution in [0.5, 0.6) is 5.75 Å². The van der Waals surface area contributed by atoms with Gasteiger partial charge in [-0.1, -0.05) is 37.9 Å². The molecule has 0 spiro atoms. The molecular weight excluding hydrogens is 320 g/mol. The van der Waals surface area contributed by atoms with Gasteiger partial charge in [-0.15, -0.1) is 0 Å². The molecule has 2 aliphatic rings. The molecule has 1 atom stereocenters. The lowest BCUT2D eigenvalue weighted by Gasteiger charge is -2.36. The van der Waals surface area contributed by atoms with Crippen LogP contribution in [0.2, 0.25) is 5.02 Å². The molecule has 1 aliphatic heterocycles. The third-order valence-corrected chi connectivity index (χ3v) is 5.88. The van der Waals surface area contributed by atoms with Crippen LogP contribution >= 0.6 is 11.6 Å². The van der Waals surface area contributed by atoms with E-state index in [2.05, 4.69) is 26.0 Å². The Balaban J connectivity index is 1.58. The van der Waals surface area contributed by atoms with E-state index in [1.807, 2.05) is 0 Å². The van der Waals surface area contributed by atoms with Gasteiger partial charge in [0.15, 0.2) is 0 Å². The predicted octanol–water partition coefficient (Wildman–Crippen LogP) is 5.97. The van der Waals surface area contributed by atoms with Gasteiger partial charge in [-0.25, -0.2) is 0 Å². The van der Waals surface area contributed by atoms with Crippen molar-refractivity contribution < 1.29 is 9.47 Å². The first kappa shape index (κ1) is 18.1. The summed E-state index contributed by atoms with van der Waals surface area (Å²) in [7, 11) is 0. The second kappa shape index (κ2) is 8.58. The summed E-state index contributed by atoms with van der Waals surface area (Å²) in [5, 5.41) is 0.868. The van der Waals surface area contributed by atoms with Gasteiger partial charge in [-0.2, -0.15) is 0 Å². The average molecular weight is 351 g/mol. The maximum absolute atomic E-state index is 6.44. The van der Waals surface area contributed by atoms with Crippen molar-refractivity contribution in [3.8, 4) is 5.75 Å². The quantitative estimate of drug-likeness (QED) is 0.629. The number of ether oxygens (including phenoxy) is 2. The predicted molar refractivity (Wildman–Crippen MR) is 100 cm³/mol. The number of hydrogen-bond acceptors (Lipinski definition) is 2. The third-order valence-electron chi connectivity index (χ3n) is 5.53. The Kier molecular flexibility index (Phi) is 6.46. The molecule has 3 heteroatoms. The normalized spacial score (nSPS) is 26.7. The van der Waals surface area contributed by atoms with Crippen molar-refractivity contribution in [3.63, 3.8) is 0 Å². The average Bonchev–Trinajstić information content (AvgIpc) is 2.61. The summed E-state index contributed by atoms with van der Waals surface area (Å²) in [6.07, 6.45) is 11.2. The van der Waals surface area contributed by atoms with Gasteiger partial charge >= 0.3 is 0 Å². The molecule has 1 heterocycles. The van der Waals surface area contributed by atoms with Crippen molar-refractivity contribution in [2.75, 3.05) is 6.61 Å². The van der Waals surface area contributed by atoms with Gasteiger partial charge in [0.1, 0.15) is 11.9 Å². The fourth-order valence-electron chi connectivity index (χ4n) is 4.18. The summed E-state index contributed by atoms with van der Waals surface area (Å²) < 4.78 is 12.3. The number of benzene rings is 1. The van der Waals surface area contributed by atoms with Crippen LogP contribution in [0.3, 0.4) is 0 Å². The van der Waals surface area contributed by atoms with E-state index in [0.29, 0.717) is 18.1 Å². The lowest BCUT2D eigenvalue weighted by molar-refractivity contribution is -0.00304. The zero-order chi connectivity index (χ0) is 16.9. The van der Waals surface area contributed by atoms with Crippen molar-refractivity contribution in [2.24, 2.45) is 5.92 Å². The molecule has 2 nitrogen and oxygen atoms in total. The van der Waals surface area contributed by atoms with Gasteiger partial charge in [-0.05, 0) is 74.5 Å². The summed E-state index contributed by atoms with van der Waals surface area (Å²) in [6, 6.07) is 4.33. The minimum Gasteiger partial charge on any atom is -0.490 e. The Morgan fingerprint density at radius 3 is 2.58 bits per heavy atom. The van der Waals surface area contributed by atoms with Crippen molar-refractivity contribution in [2.45, 2.75) is 83.8 Å². The maximum atomic E-state index is 6.44. The Morgan fingerprint density at radius 2 is 1.88 bits per heavy atom. The lowest BCUT2D eigenvalue weighted by Crippen LogP contribution is -2.35. The second-order valence-electron chi connectivity index (χ2n) is 7.40. The van der Waals surface area contributed by atoms with Crippen LogP contribution in [-0.4, -0.2) is 18.8 Å². The molecule has 1 unspecified atom stereocenters. The van der Waals surface area contributed by atoms with E-state index in [4.69, 9.17) is 21.1 Å². The number of hydrogen-bond donors (Lipinski definition) is 0. The topological polar surface area (TPSA) is 18.5 Å². The largest absolute Gasteiger partial charge is 0.490 e. The van der Waals surface area contributed by atoms with Gasteiger partial charge < -0.3 is 9.47 Å². The fraction of sp³-hybridized carbons (Fsp3) is 0.714. The van der Waals surface area contributed by atoms with Crippen LogP contribution in [-0.2, 0) is 17.6 Å². The Bertz CT molecular complexity index is 535. The van der Waals surface area contributed by atoms with E-state index in [1.165, 1.54) is 36.8 Å². The zero-order valence-corrected chi connectivity index (χ0v) is 15.9. The Labute approximate surface area is 151 Å². The highest BCUT2D eigenvalue weighted by molar-refractivity contribution is 6.31. The molecule has 1 fully saturated rings. The molecule has 0 amide bonds. The smallest absolute Gasteiger partial charge is 0.124 e. The molecule has 3 rings (SSSR count). The molecule has 0 aromatic heterocycles. The molecule has 24 heavy (non-hydrogen) atoms. The number of aryl methyl sites for hydroxylation is 2. The molecule has 0 N–H and O–H groups in total. The van der Waals surface area contributed by atoms with E-state index in [-0.39, 0.29) is 0 Å². The minimum absolute atomic E-state index is 0.359.